The third-order valence-corrected chi connectivity index (χ3v) is 5.15. The molecule has 1 aliphatic rings. The molecule has 0 aliphatic heterocycles. The van der Waals surface area contributed by atoms with Crippen molar-refractivity contribution in [1.29, 1.82) is 0 Å². The summed E-state index contributed by atoms with van der Waals surface area (Å²) in [7, 11) is 0. The predicted octanol–water partition coefficient (Wildman–Crippen LogP) is 4.30. The van der Waals surface area contributed by atoms with Gasteiger partial charge in [-0.2, -0.15) is 0 Å². The summed E-state index contributed by atoms with van der Waals surface area (Å²) in [4.78, 5) is 4.86. The van der Waals surface area contributed by atoms with E-state index in [2.05, 4.69) is 48.0 Å². The first kappa shape index (κ1) is 13.8. The van der Waals surface area contributed by atoms with Crippen molar-refractivity contribution >= 4 is 11.3 Å². The average Bonchev–Trinajstić information content (AvgIpc) is 2.85. The van der Waals surface area contributed by atoms with E-state index in [1.54, 1.807) is 0 Å². The number of aromatic nitrogens is 1. The second-order valence-corrected chi connectivity index (χ2v) is 6.42. The number of benzene rings is 1. The smallest absolute Gasteiger partial charge is 0.0959 e. The van der Waals surface area contributed by atoms with E-state index in [1.807, 2.05) is 11.3 Å². The van der Waals surface area contributed by atoms with Crippen molar-refractivity contribution < 1.29 is 0 Å². The van der Waals surface area contributed by atoms with Crippen LogP contribution in [-0.4, -0.2) is 11.5 Å². The van der Waals surface area contributed by atoms with Crippen molar-refractivity contribution in [2.24, 2.45) is 0 Å². The van der Waals surface area contributed by atoms with Crippen LogP contribution in [0.5, 0.6) is 0 Å². The van der Waals surface area contributed by atoms with Gasteiger partial charge in [-0.3, -0.25) is 0 Å². The number of rotatable bonds is 6. The summed E-state index contributed by atoms with van der Waals surface area (Å²) in [6.45, 7) is 3.15. The molecule has 0 radical (unpaired) electrons. The molecule has 1 heterocycles. The summed E-state index contributed by atoms with van der Waals surface area (Å²) in [5.41, 5.74) is 2.60. The van der Waals surface area contributed by atoms with Crippen LogP contribution >= 0.6 is 11.3 Å². The van der Waals surface area contributed by atoms with E-state index >= 15 is 0 Å². The molecule has 1 aromatic heterocycles. The molecule has 1 atom stereocenters. The summed E-state index contributed by atoms with van der Waals surface area (Å²) >= 11 is 1.85. The lowest BCUT2D eigenvalue weighted by molar-refractivity contribution is 0.417. The molecule has 0 saturated heterocycles. The number of nitrogens with zero attached hydrogens (tertiary/aromatic N) is 1. The van der Waals surface area contributed by atoms with Gasteiger partial charge in [0.1, 0.15) is 0 Å². The van der Waals surface area contributed by atoms with Gasteiger partial charge in [0, 0.05) is 23.8 Å². The highest BCUT2D eigenvalue weighted by atomic mass is 32.1. The van der Waals surface area contributed by atoms with Crippen LogP contribution in [-0.2, 0) is 6.42 Å². The SMILES string of the molecule is CCNC(Cc1csc(C2CCC2)n1)c1ccccc1. The molecule has 0 spiro atoms. The molecule has 2 nitrogen and oxygen atoms in total. The molecule has 1 aromatic carbocycles. The van der Waals surface area contributed by atoms with E-state index < -0.39 is 0 Å². The lowest BCUT2D eigenvalue weighted by Gasteiger charge is -2.22. The Morgan fingerprint density at radius 3 is 2.75 bits per heavy atom. The molecular weight excluding hydrogens is 264 g/mol. The number of nitrogens with one attached hydrogen (secondary N) is 1. The van der Waals surface area contributed by atoms with Gasteiger partial charge in [-0.15, -0.1) is 11.3 Å². The van der Waals surface area contributed by atoms with Gasteiger partial charge in [0.05, 0.1) is 10.7 Å². The molecular formula is C17H22N2S. The molecule has 3 heteroatoms. The number of hydrogen-bond donors (Lipinski definition) is 1. The Morgan fingerprint density at radius 1 is 1.30 bits per heavy atom. The van der Waals surface area contributed by atoms with Crippen molar-refractivity contribution in [3.05, 3.63) is 52.0 Å². The zero-order chi connectivity index (χ0) is 13.8. The third kappa shape index (κ3) is 3.10. The molecule has 1 saturated carbocycles. The lowest BCUT2D eigenvalue weighted by atomic mass is 9.86. The van der Waals surface area contributed by atoms with E-state index in [0.29, 0.717) is 6.04 Å². The fourth-order valence-corrected chi connectivity index (χ4v) is 3.71. The van der Waals surface area contributed by atoms with Crippen molar-refractivity contribution in [2.45, 2.75) is 44.6 Å². The van der Waals surface area contributed by atoms with Gasteiger partial charge >= 0.3 is 0 Å². The Bertz CT molecular complexity index is 531. The van der Waals surface area contributed by atoms with E-state index in [0.717, 1.165) is 18.9 Å². The Hall–Kier alpha value is -1.19. The van der Waals surface area contributed by atoms with Crippen LogP contribution in [0.1, 0.15) is 54.4 Å². The molecule has 1 unspecified atom stereocenters. The zero-order valence-electron chi connectivity index (χ0n) is 12.0. The second kappa shape index (κ2) is 6.51. The van der Waals surface area contributed by atoms with Crippen molar-refractivity contribution in [2.75, 3.05) is 6.54 Å². The van der Waals surface area contributed by atoms with Gasteiger partial charge in [-0.05, 0) is 24.9 Å². The fourth-order valence-electron chi connectivity index (χ4n) is 2.71. The van der Waals surface area contributed by atoms with Crippen LogP contribution in [0.4, 0.5) is 0 Å². The van der Waals surface area contributed by atoms with Gasteiger partial charge in [-0.25, -0.2) is 4.98 Å². The minimum Gasteiger partial charge on any atom is -0.310 e. The largest absolute Gasteiger partial charge is 0.310 e. The number of hydrogen-bond acceptors (Lipinski definition) is 3. The van der Waals surface area contributed by atoms with E-state index in [-0.39, 0.29) is 0 Å². The maximum Gasteiger partial charge on any atom is 0.0959 e. The highest BCUT2D eigenvalue weighted by Crippen LogP contribution is 2.38. The Kier molecular flexibility index (Phi) is 4.48. The van der Waals surface area contributed by atoms with Crippen molar-refractivity contribution in [1.82, 2.24) is 10.3 Å². The molecule has 2 aromatic rings. The fraction of sp³-hybridized carbons (Fsp3) is 0.471. The van der Waals surface area contributed by atoms with Crippen LogP contribution in [0.2, 0.25) is 0 Å². The van der Waals surface area contributed by atoms with Crippen LogP contribution < -0.4 is 5.32 Å². The molecule has 0 amide bonds. The zero-order valence-corrected chi connectivity index (χ0v) is 12.8. The monoisotopic (exact) mass is 286 g/mol. The molecule has 20 heavy (non-hydrogen) atoms. The maximum atomic E-state index is 4.86. The van der Waals surface area contributed by atoms with E-state index in [1.165, 1.54) is 35.5 Å². The quantitative estimate of drug-likeness (QED) is 0.856. The van der Waals surface area contributed by atoms with E-state index in [4.69, 9.17) is 4.98 Å². The Labute approximate surface area is 125 Å². The average molecular weight is 286 g/mol. The van der Waals surface area contributed by atoms with Crippen LogP contribution in [0.15, 0.2) is 35.7 Å². The lowest BCUT2D eigenvalue weighted by Crippen LogP contribution is -2.23. The first-order valence-electron chi connectivity index (χ1n) is 7.59. The second-order valence-electron chi connectivity index (χ2n) is 5.53. The molecule has 3 rings (SSSR count). The Morgan fingerprint density at radius 2 is 2.10 bits per heavy atom. The summed E-state index contributed by atoms with van der Waals surface area (Å²) in [6, 6.07) is 11.1. The minimum atomic E-state index is 0.373. The Balaban J connectivity index is 1.71. The molecule has 1 fully saturated rings. The van der Waals surface area contributed by atoms with Crippen LogP contribution in [0, 0.1) is 0 Å². The van der Waals surface area contributed by atoms with Gasteiger partial charge in [0.25, 0.3) is 0 Å². The first-order chi connectivity index (χ1) is 9.86. The van der Waals surface area contributed by atoms with Gasteiger partial charge in [0.15, 0.2) is 0 Å². The summed E-state index contributed by atoms with van der Waals surface area (Å²) in [5, 5.41) is 7.19. The maximum absolute atomic E-state index is 4.86. The highest BCUT2D eigenvalue weighted by Gasteiger charge is 2.23. The minimum absolute atomic E-state index is 0.373. The molecule has 1 aliphatic carbocycles. The molecule has 1 N–H and O–H groups in total. The predicted molar refractivity (Wildman–Crippen MR) is 85.3 cm³/mol. The first-order valence-corrected chi connectivity index (χ1v) is 8.47. The van der Waals surface area contributed by atoms with E-state index in [9.17, 15) is 0 Å². The van der Waals surface area contributed by atoms with Crippen LogP contribution in [0.25, 0.3) is 0 Å². The highest BCUT2D eigenvalue weighted by molar-refractivity contribution is 7.09. The number of likely N-dealkylation sites (N-methyl/N-ethyl adjacent to an activating group) is 1. The van der Waals surface area contributed by atoms with Crippen molar-refractivity contribution in [3.63, 3.8) is 0 Å². The normalized spacial score (nSPS) is 16.9. The molecule has 0 bridgehead atoms. The third-order valence-electron chi connectivity index (χ3n) is 4.09. The standard InChI is InChI=1S/C17H22N2S/c1-2-18-16(13-7-4-3-5-8-13)11-15-12-20-17(19-15)14-9-6-10-14/h3-5,7-8,12,14,16,18H,2,6,9-11H2,1H3. The summed E-state index contributed by atoms with van der Waals surface area (Å²) in [5.74, 6) is 0.753. The topological polar surface area (TPSA) is 24.9 Å². The van der Waals surface area contributed by atoms with Crippen molar-refractivity contribution in [3.8, 4) is 0 Å². The van der Waals surface area contributed by atoms with Gasteiger partial charge < -0.3 is 5.32 Å². The van der Waals surface area contributed by atoms with Crippen LogP contribution in [0.3, 0.4) is 0 Å². The summed E-state index contributed by atoms with van der Waals surface area (Å²) < 4.78 is 0. The molecule has 106 valence electrons. The van der Waals surface area contributed by atoms with Gasteiger partial charge in [0.2, 0.25) is 0 Å². The summed E-state index contributed by atoms with van der Waals surface area (Å²) in [6.07, 6.45) is 5.04. The van der Waals surface area contributed by atoms with Gasteiger partial charge in [-0.1, -0.05) is 43.7 Å². The number of thiazole rings is 1.